The van der Waals surface area contributed by atoms with E-state index in [-0.39, 0.29) is 6.10 Å². The quantitative estimate of drug-likeness (QED) is 0.813. The average molecular weight is 244 g/mol. The summed E-state index contributed by atoms with van der Waals surface area (Å²) in [5.41, 5.74) is 1.68. The number of hydrogen-bond acceptors (Lipinski definition) is 3. The fourth-order valence-corrected chi connectivity index (χ4v) is 2.45. The van der Waals surface area contributed by atoms with Crippen LogP contribution in [0.5, 0.6) is 0 Å². The van der Waals surface area contributed by atoms with Gasteiger partial charge in [0.2, 0.25) is 0 Å². The van der Waals surface area contributed by atoms with Crippen LogP contribution in [0.25, 0.3) is 10.9 Å². The third-order valence-electron chi connectivity index (χ3n) is 3.39. The van der Waals surface area contributed by atoms with E-state index in [1.54, 1.807) is 0 Å². The summed E-state index contributed by atoms with van der Waals surface area (Å²) >= 11 is 0. The van der Waals surface area contributed by atoms with Crippen LogP contribution in [0.3, 0.4) is 0 Å². The van der Waals surface area contributed by atoms with Crippen molar-refractivity contribution in [3.05, 3.63) is 29.8 Å². The van der Waals surface area contributed by atoms with Crippen molar-refractivity contribution in [3.8, 4) is 0 Å². The van der Waals surface area contributed by atoms with Crippen LogP contribution in [0, 0.1) is 0 Å². The minimum absolute atomic E-state index is 0.260. The van der Waals surface area contributed by atoms with E-state index in [0.717, 1.165) is 49.0 Å². The Morgan fingerprint density at radius 2 is 2.33 bits per heavy atom. The average Bonchev–Trinajstić information content (AvgIpc) is 3.03. The number of para-hydroxylation sites is 1. The number of fused-ring (bicyclic) bond motifs is 1. The van der Waals surface area contributed by atoms with Gasteiger partial charge in [0.15, 0.2) is 6.29 Å². The van der Waals surface area contributed by atoms with Crippen molar-refractivity contribution in [3.63, 3.8) is 0 Å². The highest BCUT2D eigenvalue weighted by Crippen LogP contribution is 2.25. The van der Waals surface area contributed by atoms with Crippen LogP contribution in [-0.4, -0.2) is 30.5 Å². The smallest absolute Gasteiger partial charge is 0.154 e. The maximum atomic E-state index is 11.2. The first-order chi connectivity index (χ1) is 8.88. The molecule has 0 radical (unpaired) electrons. The van der Waals surface area contributed by atoms with Gasteiger partial charge in [0.1, 0.15) is 5.82 Å². The van der Waals surface area contributed by atoms with E-state index in [1.807, 2.05) is 24.3 Å². The Balaban J connectivity index is 1.84. The monoisotopic (exact) mass is 244 g/mol. The second-order valence-electron chi connectivity index (χ2n) is 4.59. The SMILES string of the molecule is O=Cc1c(NCC2CCCO2)[nH]c2ccccc12. The fourth-order valence-electron chi connectivity index (χ4n) is 2.45. The molecular formula is C14H16N2O2. The lowest BCUT2D eigenvalue weighted by Crippen LogP contribution is -2.19. The van der Waals surface area contributed by atoms with Crippen molar-refractivity contribution in [1.29, 1.82) is 0 Å². The number of aromatic amines is 1. The second-order valence-corrected chi connectivity index (χ2v) is 4.59. The molecule has 1 fully saturated rings. The summed E-state index contributed by atoms with van der Waals surface area (Å²) in [6.45, 7) is 1.59. The zero-order valence-corrected chi connectivity index (χ0v) is 10.1. The topological polar surface area (TPSA) is 54.1 Å². The molecule has 4 heteroatoms. The van der Waals surface area contributed by atoms with Crippen LogP contribution in [0.1, 0.15) is 23.2 Å². The molecule has 0 aliphatic carbocycles. The fraction of sp³-hybridized carbons (Fsp3) is 0.357. The number of carbonyl (C=O) groups is 1. The molecule has 0 amide bonds. The molecule has 1 saturated heterocycles. The lowest BCUT2D eigenvalue weighted by molar-refractivity contribution is 0.112. The van der Waals surface area contributed by atoms with Crippen LogP contribution in [0.4, 0.5) is 5.82 Å². The maximum absolute atomic E-state index is 11.2. The molecule has 0 bridgehead atoms. The molecule has 1 aliphatic rings. The first-order valence-electron chi connectivity index (χ1n) is 6.30. The molecule has 18 heavy (non-hydrogen) atoms. The van der Waals surface area contributed by atoms with E-state index < -0.39 is 0 Å². The number of aldehydes is 1. The highest BCUT2D eigenvalue weighted by Gasteiger charge is 2.16. The lowest BCUT2D eigenvalue weighted by atomic mass is 10.2. The van der Waals surface area contributed by atoms with Crippen LogP contribution in [0.15, 0.2) is 24.3 Å². The van der Waals surface area contributed by atoms with E-state index in [1.165, 1.54) is 0 Å². The largest absolute Gasteiger partial charge is 0.376 e. The molecule has 94 valence electrons. The number of ether oxygens (including phenoxy) is 1. The summed E-state index contributed by atoms with van der Waals surface area (Å²) in [7, 11) is 0. The van der Waals surface area contributed by atoms with Crippen LogP contribution in [0.2, 0.25) is 0 Å². The Labute approximate surface area is 105 Å². The van der Waals surface area contributed by atoms with E-state index in [0.29, 0.717) is 5.56 Å². The number of aromatic nitrogens is 1. The van der Waals surface area contributed by atoms with Gasteiger partial charge < -0.3 is 15.0 Å². The Kier molecular flexibility index (Phi) is 3.02. The number of hydrogen-bond donors (Lipinski definition) is 2. The molecule has 1 aliphatic heterocycles. The van der Waals surface area contributed by atoms with Crippen molar-refractivity contribution in [1.82, 2.24) is 4.98 Å². The van der Waals surface area contributed by atoms with E-state index in [4.69, 9.17) is 4.74 Å². The van der Waals surface area contributed by atoms with Gasteiger partial charge >= 0.3 is 0 Å². The van der Waals surface area contributed by atoms with Gasteiger partial charge in [0.25, 0.3) is 0 Å². The van der Waals surface area contributed by atoms with Crippen molar-refractivity contribution in [2.24, 2.45) is 0 Å². The number of anilines is 1. The summed E-state index contributed by atoms with van der Waals surface area (Å²) in [5.74, 6) is 0.793. The molecule has 2 aromatic rings. The van der Waals surface area contributed by atoms with E-state index >= 15 is 0 Å². The highest BCUT2D eigenvalue weighted by molar-refractivity contribution is 6.03. The van der Waals surface area contributed by atoms with Gasteiger partial charge in [-0.15, -0.1) is 0 Å². The molecule has 1 aromatic heterocycles. The number of carbonyl (C=O) groups excluding carboxylic acids is 1. The standard InChI is InChI=1S/C14H16N2O2/c17-9-12-11-5-1-2-6-13(11)16-14(12)15-8-10-4-3-7-18-10/h1-2,5-6,9-10,15-16H,3-4,7-8H2. The first-order valence-corrected chi connectivity index (χ1v) is 6.30. The normalized spacial score (nSPS) is 19.2. The van der Waals surface area contributed by atoms with E-state index in [9.17, 15) is 4.79 Å². The summed E-state index contributed by atoms with van der Waals surface area (Å²) in [6, 6.07) is 7.82. The Hall–Kier alpha value is -1.81. The number of rotatable bonds is 4. The van der Waals surface area contributed by atoms with Crippen LogP contribution >= 0.6 is 0 Å². The Bertz CT molecular complexity index is 556. The first kappa shape index (κ1) is 11.3. The molecular weight excluding hydrogens is 228 g/mol. The van der Waals surface area contributed by atoms with Crippen molar-refractivity contribution < 1.29 is 9.53 Å². The molecule has 1 atom stereocenters. The van der Waals surface area contributed by atoms with Gasteiger partial charge in [-0.1, -0.05) is 18.2 Å². The van der Waals surface area contributed by atoms with Gasteiger partial charge in [-0.3, -0.25) is 4.79 Å². The number of benzene rings is 1. The Morgan fingerprint density at radius 3 is 3.11 bits per heavy atom. The van der Waals surface area contributed by atoms with Crippen molar-refractivity contribution in [2.45, 2.75) is 18.9 Å². The van der Waals surface area contributed by atoms with Gasteiger partial charge in [-0.2, -0.15) is 0 Å². The minimum Gasteiger partial charge on any atom is -0.376 e. The zero-order chi connectivity index (χ0) is 12.4. The summed E-state index contributed by atoms with van der Waals surface area (Å²) in [4.78, 5) is 14.4. The van der Waals surface area contributed by atoms with Gasteiger partial charge in [0.05, 0.1) is 11.7 Å². The molecule has 2 heterocycles. The summed E-state index contributed by atoms with van der Waals surface area (Å²) in [6.07, 6.45) is 3.37. The van der Waals surface area contributed by atoms with Crippen molar-refractivity contribution in [2.75, 3.05) is 18.5 Å². The predicted molar refractivity (Wildman–Crippen MR) is 71.1 cm³/mol. The highest BCUT2D eigenvalue weighted by atomic mass is 16.5. The predicted octanol–water partition coefficient (Wildman–Crippen LogP) is 2.57. The van der Waals surface area contributed by atoms with Gasteiger partial charge in [-0.25, -0.2) is 0 Å². The Morgan fingerprint density at radius 1 is 1.44 bits per heavy atom. The maximum Gasteiger partial charge on any atom is 0.154 e. The molecule has 4 nitrogen and oxygen atoms in total. The zero-order valence-electron chi connectivity index (χ0n) is 10.1. The third-order valence-corrected chi connectivity index (χ3v) is 3.39. The molecule has 1 unspecified atom stereocenters. The third kappa shape index (κ3) is 1.99. The summed E-state index contributed by atoms with van der Waals surface area (Å²) < 4.78 is 5.56. The molecule has 3 rings (SSSR count). The molecule has 0 saturated carbocycles. The van der Waals surface area contributed by atoms with Crippen LogP contribution < -0.4 is 5.32 Å². The number of nitrogens with one attached hydrogen (secondary N) is 2. The lowest BCUT2D eigenvalue weighted by Gasteiger charge is -2.10. The second kappa shape index (κ2) is 4.82. The van der Waals surface area contributed by atoms with Gasteiger partial charge in [0, 0.05) is 24.1 Å². The van der Waals surface area contributed by atoms with Gasteiger partial charge in [-0.05, 0) is 18.9 Å². The van der Waals surface area contributed by atoms with Crippen LogP contribution in [-0.2, 0) is 4.74 Å². The molecule has 0 spiro atoms. The number of H-pyrrole nitrogens is 1. The van der Waals surface area contributed by atoms with Crippen molar-refractivity contribution >= 4 is 23.0 Å². The minimum atomic E-state index is 0.260. The summed E-state index contributed by atoms with van der Waals surface area (Å²) in [5, 5.41) is 4.24. The molecule has 2 N–H and O–H groups in total. The molecule has 1 aromatic carbocycles. The van der Waals surface area contributed by atoms with E-state index in [2.05, 4.69) is 10.3 Å².